The molecule has 1 aliphatic carbocycles. The van der Waals surface area contributed by atoms with Gasteiger partial charge in [0.05, 0.1) is 17.9 Å². The zero-order chi connectivity index (χ0) is 18.2. The Bertz CT molecular complexity index is 806. The maximum absolute atomic E-state index is 12.5. The van der Waals surface area contributed by atoms with Crippen LogP contribution in [0.5, 0.6) is 0 Å². The maximum atomic E-state index is 12.5. The molecular formula is C15H18N4O5S. The number of carbonyl (C=O) groups is 3. The molecule has 1 atom stereocenters. The van der Waals surface area contributed by atoms with Crippen LogP contribution >= 0.6 is 0 Å². The minimum Gasteiger partial charge on any atom is -0.338 e. The van der Waals surface area contributed by atoms with Crippen LogP contribution in [0.2, 0.25) is 0 Å². The van der Waals surface area contributed by atoms with Gasteiger partial charge in [0.2, 0.25) is 21.8 Å². The van der Waals surface area contributed by atoms with E-state index < -0.39 is 33.8 Å². The molecule has 0 aromatic rings. The number of hydrogen-bond donors (Lipinski definition) is 0. The molecule has 4 amide bonds. The van der Waals surface area contributed by atoms with E-state index in [0.29, 0.717) is 5.71 Å². The van der Waals surface area contributed by atoms with Gasteiger partial charge in [-0.1, -0.05) is 18.2 Å². The third-order valence-corrected chi connectivity index (χ3v) is 5.64. The van der Waals surface area contributed by atoms with Gasteiger partial charge < -0.3 is 4.90 Å². The molecule has 0 spiro atoms. The number of allylic oxidation sites excluding steroid dienone is 3. The van der Waals surface area contributed by atoms with E-state index in [1.165, 1.54) is 9.21 Å². The lowest BCUT2D eigenvalue weighted by atomic mass is 9.95. The highest BCUT2D eigenvalue weighted by atomic mass is 32.2. The molecule has 0 bridgehead atoms. The largest absolute Gasteiger partial charge is 0.351 e. The molecule has 25 heavy (non-hydrogen) atoms. The van der Waals surface area contributed by atoms with Crippen molar-refractivity contribution in [2.24, 2.45) is 10.9 Å². The predicted molar refractivity (Wildman–Crippen MR) is 89.3 cm³/mol. The van der Waals surface area contributed by atoms with E-state index in [4.69, 9.17) is 0 Å². The number of hydrogen-bond acceptors (Lipinski definition) is 5. The van der Waals surface area contributed by atoms with Gasteiger partial charge in [-0.05, 0) is 6.08 Å². The molecule has 0 N–H and O–H groups in total. The molecule has 0 saturated carbocycles. The second-order valence-corrected chi connectivity index (χ2v) is 7.99. The highest BCUT2D eigenvalue weighted by molar-refractivity contribution is 7.88. The first-order chi connectivity index (χ1) is 11.8. The number of piperazine rings is 1. The van der Waals surface area contributed by atoms with Crippen molar-refractivity contribution in [3.05, 3.63) is 24.3 Å². The SMILES string of the molecule is CS(=O)(=O)N1CCN(C(=O)CN2C(=O)N=C3C=CC=CC3C2=O)CC1. The Morgan fingerprint density at radius 2 is 1.88 bits per heavy atom. The van der Waals surface area contributed by atoms with Crippen LogP contribution in [-0.2, 0) is 19.6 Å². The van der Waals surface area contributed by atoms with E-state index in [2.05, 4.69) is 4.99 Å². The second kappa shape index (κ2) is 6.52. The third kappa shape index (κ3) is 3.54. The number of amides is 4. The van der Waals surface area contributed by atoms with Crippen LogP contribution in [0.25, 0.3) is 0 Å². The van der Waals surface area contributed by atoms with E-state index in [1.807, 2.05) is 0 Å². The third-order valence-electron chi connectivity index (χ3n) is 4.34. The zero-order valence-electron chi connectivity index (χ0n) is 13.7. The van der Waals surface area contributed by atoms with Crippen LogP contribution in [0.4, 0.5) is 4.79 Å². The molecule has 1 fully saturated rings. The Balaban J connectivity index is 1.65. The summed E-state index contributed by atoms with van der Waals surface area (Å²) in [5.41, 5.74) is 0.378. The molecule has 2 heterocycles. The quantitative estimate of drug-likeness (QED) is 0.652. The molecule has 0 radical (unpaired) electrons. The van der Waals surface area contributed by atoms with E-state index in [1.54, 1.807) is 24.3 Å². The average molecular weight is 366 g/mol. The van der Waals surface area contributed by atoms with Gasteiger partial charge in [0.25, 0.3) is 0 Å². The molecular weight excluding hydrogens is 348 g/mol. The molecule has 0 aromatic heterocycles. The van der Waals surface area contributed by atoms with Gasteiger partial charge in [0.1, 0.15) is 6.54 Å². The Kier molecular flexibility index (Phi) is 4.56. The van der Waals surface area contributed by atoms with Gasteiger partial charge in [0.15, 0.2) is 0 Å². The number of imide groups is 1. The topological polar surface area (TPSA) is 107 Å². The van der Waals surface area contributed by atoms with Crippen LogP contribution in [0.1, 0.15) is 0 Å². The molecule has 3 rings (SSSR count). The van der Waals surface area contributed by atoms with Gasteiger partial charge in [-0.15, -0.1) is 0 Å². The standard InChI is InChI=1S/C15H18N4O5S/c1-25(23,24)18-8-6-17(7-9-18)13(20)10-19-14(21)11-4-2-3-5-12(11)16-15(19)22/h2-5,11H,6-10H2,1H3. The molecule has 0 aromatic carbocycles. The van der Waals surface area contributed by atoms with Gasteiger partial charge in [0, 0.05) is 26.2 Å². The first-order valence-electron chi connectivity index (χ1n) is 7.79. The van der Waals surface area contributed by atoms with Crippen LogP contribution in [0.15, 0.2) is 29.3 Å². The Morgan fingerprint density at radius 3 is 2.52 bits per heavy atom. The highest BCUT2D eigenvalue weighted by Gasteiger charge is 2.37. The predicted octanol–water partition coefficient (Wildman–Crippen LogP) is -0.764. The summed E-state index contributed by atoms with van der Waals surface area (Å²) in [6.45, 7) is 0.461. The van der Waals surface area contributed by atoms with Crippen LogP contribution in [-0.4, -0.2) is 85.1 Å². The summed E-state index contributed by atoms with van der Waals surface area (Å²) in [7, 11) is -3.29. The van der Waals surface area contributed by atoms with Crippen LogP contribution in [0, 0.1) is 5.92 Å². The summed E-state index contributed by atoms with van der Waals surface area (Å²) in [6, 6.07) is -0.751. The Hall–Kier alpha value is -2.33. The molecule has 1 unspecified atom stereocenters. The van der Waals surface area contributed by atoms with Gasteiger partial charge in [-0.3, -0.25) is 14.5 Å². The summed E-state index contributed by atoms with van der Waals surface area (Å²) in [5, 5.41) is 0. The minimum atomic E-state index is -3.29. The summed E-state index contributed by atoms with van der Waals surface area (Å²) >= 11 is 0. The minimum absolute atomic E-state index is 0.199. The Labute approximate surface area is 145 Å². The van der Waals surface area contributed by atoms with E-state index >= 15 is 0 Å². The lowest BCUT2D eigenvalue weighted by Crippen LogP contribution is -2.55. The number of sulfonamides is 1. The molecule has 1 saturated heterocycles. The monoisotopic (exact) mass is 366 g/mol. The number of nitrogens with zero attached hydrogens (tertiary/aromatic N) is 4. The van der Waals surface area contributed by atoms with E-state index in [-0.39, 0.29) is 32.7 Å². The fraction of sp³-hybridized carbons (Fsp3) is 0.467. The maximum Gasteiger partial charge on any atom is 0.351 e. The number of carbonyl (C=O) groups excluding carboxylic acids is 3. The number of aliphatic imine (C=N–C) groups is 1. The second-order valence-electron chi connectivity index (χ2n) is 6.01. The number of fused-ring (bicyclic) bond motifs is 1. The fourth-order valence-corrected chi connectivity index (χ4v) is 3.76. The van der Waals surface area contributed by atoms with Crippen LogP contribution < -0.4 is 0 Å². The molecule has 10 heteroatoms. The van der Waals surface area contributed by atoms with E-state index in [0.717, 1.165) is 11.2 Å². The highest BCUT2D eigenvalue weighted by Crippen LogP contribution is 2.19. The van der Waals surface area contributed by atoms with Crippen molar-refractivity contribution in [2.75, 3.05) is 39.0 Å². The number of urea groups is 1. The molecule has 3 aliphatic rings. The summed E-state index contributed by atoms with van der Waals surface area (Å²) < 4.78 is 24.3. The van der Waals surface area contributed by atoms with Crippen molar-refractivity contribution in [3.8, 4) is 0 Å². The van der Waals surface area contributed by atoms with Crippen molar-refractivity contribution in [2.45, 2.75) is 0 Å². The van der Waals surface area contributed by atoms with Crippen molar-refractivity contribution in [1.29, 1.82) is 0 Å². The summed E-state index contributed by atoms with van der Waals surface area (Å²) in [6.07, 6.45) is 7.75. The average Bonchev–Trinajstić information content (AvgIpc) is 2.58. The molecule has 134 valence electrons. The van der Waals surface area contributed by atoms with Gasteiger partial charge in [-0.25, -0.2) is 13.2 Å². The van der Waals surface area contributed by atoms with Crippen molar-refractivity contribution in [3.63, 3.8) is 0 Å². The van der Waals surface area contributed by atoms with Crippen LogP contribution in [0.3, 0.4) is 0 Å². The zero-order valence-corrected chi connectivity index (χ0v) is 14.5. The normalized spacial score (nSPS) is 24.4. The summed E-state index contributed by atoms with van der Waals surface area (Å²) in [4.78, 5) is 43.1. The van der Waals surface area contributed by atoms with Crippen molar-refractivity contribution >= 4 is 33.6 Å². The fourth-order valence-electron chi connectivity index (χ4n) is 2.93. The first-order valence-corrected chi connectivity index (χ1v) is 9.64. The van der Waals surface area contributed by atoms with E-state index in [9.17, 15) is 22.8 Å². The molecule has 9 nitrogen and oxygen atoms in total. The first kappa shape index (κ1) is 17.5. The lowest BCUT2D eigenvalue weighted by Gasteiger charge is -2.35. The van der Waals surface area contributed by atoms with Crippen molar-refractivity contribution < 1.29 is 22.8 Å². The lowest BCUT2D eigenvalue weighted by molar-refractivity contribution is -0.139. The Morgan fingerprint density at radius 1 is 1.20 bits per heavy atom. The number of rotatable bonds is 3. The van der Waals surface area contributed by atoms with Crippen molar-refractivity contribution in [1.82, 2.24) is 14.1 Å². The summed E-state index contributed by atoms with van der Waals surface area (Å²) in [5.74, 6) is -1.51. The van der Waals surface area contributed by atoms with Gasteiger partial charge >= 0.3 is 6.03 Å². The van der Waals surface area contributed by atoms with Gasteiger partial charge in [-0.2, -0.15) is 9.30 Å². The molecule has 2 aliphatic heterocycles. The smallest absolute Gasteiger partial charge is 0.338 e.